The SMILES string of the molecule is CP(P)NC(c1ccc(Cl)cc1CNC(=O)C1CCCN1)C(F)F. The molecule has 0 spiro atoms. The number of alkyl halides is 2. The van der Waals surface area contributed by atoms with Gasteiger partial charge in [0, 0.05) is 11.6 Å². The van der Waals surface area contributed by atoms with Gasteiger partial charge >= 0.3 is 0 Å². The first-order valence-corrected chi connectivity index (χ1v) is 11.5. The largest absolute Gasteiger partial charge is 0.351 e. The molecule has 4 unspecified atom stereocenters. The van der Waals surface area contributed by atoms with Gasteiger partial charge < -0.3 is 10.6 Å². The molecule has 1 fully saturated rings. The second kappa shape index (κ2) is 9.35. The molecule has 4 nitrogen and oxygen atoms in total. The molecule has 3 N–H and O–H groups in total. The number of hydrogen-bond acceptors (Lipinski definition) is 3. The standard InChI is InChI=1S/C15H22ClF2N3OP2/c1-24(23)21-13(14(17)18)11-5-4-10(16)7-9(11)8-20-15(22)12-3-2-6-19-12/h4-5,7,12-14,19,21H,2-3,6,8,23H2,1H3,(H,20,22). The van der Waals surface area contributed by atoms with Crippen LogP contribution in [0.5, 0.6) is 0 Å². The highest BCUT2D eigenvalue weighted by Gasteiger charge is 2.26. The Balaban J connectivity index is 2.15. The lowest BCUT2D eigenvalue weighted by atomic mass is 10.0. The van der Waals surface area contributed by atoms with Gasteiger partial charge in [-0.1, -0.05) is 26.6 Å². The fraction of sp³-hybridized carbons (Fsp3) is 0.533. The highest BCUT2D eigenvalue weighted by Crippen LogP contribution is 2.40. The molecule has 4 atom stereocenters. The average Bonchev–Trinajstić information content (AvgIpc) is 3.05. The minimum absolute atomic E-state index is 0.108. The van der Waals surface area contributed by atoms with Crippen LogP contribution in [0.4, 0.5) is 8.78 Å². The first kappa shape index (κ1) is 19.9. The second-order valence-electron chi connectivity index (χ2n) is 5.76. The first-order valence-electron chi connectivity index (χ1n) is 7.70. The first-order chi connectivity index (χ1) is 11.4. The number of hydrogen-bond donors (Lipinski definition) is 3. The van der Waals surface area contributed by atoms with Gasteiger partial charge in [-0.15, -0.1) is 0 Å². The van der Waals surface area contributed by atoms with Crippen LogP contribution < -0.4 is 15.7 Å². The van der Waals surface area contributed by atoms with Crippen molar-refractivity contribution in [1.29, 1.82) is 0 Å². The number of halogens is 3. The topological polar surface area (TPSA) is 53.2 Å². The quantitative estimate of drug-likeness (QED) is 0.620. The summed E-state index contributed by atoms with van der Waals surface area (Å²) in [6.45, 7) is 2.85. The molecule has 0 saturated carbocycles. The molecule has 24 heavy (non-hydrogen) atoms. The van der Waals surface area contributed by atoms with Gasteiger partial charge in [-0.2, -0.15) is 0 Å². The van der Waals surface area contributed by atoms with Crippen molar-refractivity contribution in [3.63, 3.8) is 0 Å². The van der Waals surface area contributed by atoms with Gasteiger partial charge in [-0.05, 0) is 57.1 Å². The van der Waals surface area contributed by atoms with Crippen molar-refractivity contribution in [2.24, 2.45) is 0 Å². The molecule has 0 aliphatic carbocycles. The summed E-state index contributed by atoms with van der Waals surface area (Å²) in [4.78, 5) is 12.1. The molecule has 1 saturated heterocycles. The van der Waals surface area contributed by atoms with E-state index in [1.807, 2.05) is 6.66 Å². The van der Waals surface area contributed by atoms with Crippen LogP contribution >= 0.6 is 28.3 Å². The van der Waals surface area contributed by atoms with Crippen molar-refractivity contribution in [1.82, 2.24) is 15.7 Å². The number of amides is 1. The van der Waals surface area contributed by atoms with Crippen molar-refractivity contribution in [3.8, 4) is 0 Å². The Morgan fingerprint density at radius 2 is 2.29 bits per heavy atom. The molecular formula is C15H22ClF2N3OP2. The summed E-state index contributed by atoms with van der Waals surface area (Å²) < 4.78 is 27.0. The summed E-state index contributed by atoms with van der Waals surface area (Å²) in [6.07, 6.45) is -0.794. The third kappa shape index (κ3) is 5.57. The van der Waals surface area contributed by atoms with Crippen molar-refractivity contribution in [3.05, 3.63) is 34.3 Å². The van der Waals surface area contributed by atoms with Gasteiger partial charge in [0.25, 0.3) is 6.43 Å². The van der Waals surface area contributed by atoms with Crippen LogP contribution in [0.25, 0.3) is 0 Å². The lowest BCUT2D eigenvalue weighted by Crippen LogP contribution is -2.40. The predicted octanol–water partition coefficient (Wildman–Crippen LogP) is 3.42. The third-order valence-corrected chi connectivity index (χ3v) is 5.23. The zero-order valence-corrected chi connectivity index (χ0v) is 16.2. The Morgan fingerprint density at radius 3 is 2.88 bits per heavy atom. The summed E-state index contributed by atoms with van der Waals surface area (Å²) in [7, 11) is 1.73. The Bertz CT molecular complexity index is 572. The number of rotatable bonds is 7. The van der Waals surface area contributed by atoms with E-state index < -0.39 is 20.2 Å². The van der Waals surface area contributed by atoms with Crippen LogP contribution in [0.2, 0.25) is 5.02 Å². The van der Waals surface area contributed by atoms with Gasteiger partial charge in [0.05, 0.1) is 12.1 Å². The average molecular weight is 396 g/mol. The molecule has 1 aliphatic rings. The van der Waals surface area contributed by atoms with Gasteiger partial charge in [0.15, 0.2) is 0 Å². The van der Waals surface area contributed by atoms with E-state index in [1.54, 1.807) is 18.2 Å². The molecule has 1 heterocycles. The predicted molar refractivity (Wildman–Crippen MR) is 98.8 cm³/mol. The molecule has 1 aromatic rings. The van der Waals surface area contributed by atoms with Crippen molar-refractivity contribution >= 4 is 34.2 Å². The van der Waals surface area contributed by atoms with Crippen molar-refractivity contribution in [2.45, 2.75) is 37.9 Å². The molecule has 2 rings (SSSR count). The Kier molecular flexibility index (Phi) is 7.77. The molecule has 1 aromatic carbocycles. The van der Waals surface area contributed by atoms with Crippen LogP contribution in [0.1, 0.15) is 30.0 Å². The molecule has 0 aromatic heterocycles. The van der Waals surface area contributed by atoms with Crippen LogP contribution in [0.3, 0.4) is 0 Å². The fourth-order valence-corrected chi connectivity index (χ4v) is 4.09. The van der Waals surface area contributed by atoms with E-state index >= 15 is 0 Å². The molecule has 134 valence electrons. The summed E-state index contributed by atoms with van der Waals surface area (Å²) in [5, 5.41) is 9.30. The van der Waals surface area contributed by atoms with Crippen LogP contribution in [0, 0.1) is 0 Å². The molecule has 1 aliphatic heterocycles. The molecule has 1 amide bonds. The zero-order valence-electron chi connectivity index (χ0n) is 13.4. The van der Waals surface area contributed by atoms with Crippen molar-refractivity contribution in [2.75, 3.05) is 13.2 Å². The molecule has 0 bridgehead atoms. The zero-order chi connectivity index (χ0) is 17.7. The molecule has 0 radical (unpaired) electrons. The highest BCUT2D eigenvalue weighted by molar-refractivity contribution is 8.12. The Morgan fingerprint density at radius 1 is 1.54 bits per heavy atom. The summed E-state index contributed by atoms with van der Waals surface area (Å²) in [5.41, 5.74) is 1.07. The lowest BCUT2D eigenvalue weighted by Gasteiger charge is -2.24. The Labute approximate surface area is 149 Å². The fourth-order valence-electron chi connectivity index (χ4n) is 2.73. The van der Waals surface area contributed by atoms with E-state index in [0.717, 1.165) is 19.4 Å². The van der Waals surface area contributed by atoms with Crippen LogP contribution in [-0.4, -0.2) is 31.6 Å². The molecular weight excluding hydrogens is 374 g/mol. The Hall–Kier alpha value is -0.380. The maximum absolute atomic E-state index is 13.5. The number of benzene rings is 1. The minimum Gasteiger partial charge on any atom is -0.351 e. The van der Waals surface area contributed by atoms with E-state index in [1.165, 1.54) is 0 Å². The van der Waals surface area contributed by atoms with Crippen LogP contribution in [0.15, 0.2) is 18.2 Å². The smallest absolute Gasteiger partial charge is 0.258 e. The van der Waals surface area contributed by atoms with Gasteiger partial charge in [-0.3, -0.25) is 9.88 Å². The maximum Gasteiger partial charge on any atom is 0.258 e. The highest BCUT2D eigenvalue weighted by atomic mass is 35.5. The monoisotopic (exact) mass is 395 g/mol. The summed E-state index contributed by atoms with van der Waals surface area (Å²) in [5.74, 6) is -0.108. The third-order valence-electron chi connectivity index (χ3n) is 3.86. The number of nitrogens with one attached hydrogen (secondary N) is 3. The minimum atomic E-state index is -2.55. The van der Waals surface area contributed by atoms with Gasteiger partial charge in [0.1, 0.15) is 0 Å². The van der Waals surface area contributed by atoms with Crippen LogP contribution in [-0.2, 0) is 11.3 Å². The number of carbonyl (C=O) groups excluding carboxylic acids is 1. The van der Waals surface area contributed by atoms with E-state index in [0.29, 0.717) is 16.1 Å². The van der Waals surface area contributed by atoms with Crippen molar-refractivity contribution < 1.29 is 13.6 Å². The van der Waals surface area contributed by atoms with E-state index in [-0.39, 0.29) is 18.5 Å². The van der Waals surface area contributed by atoms with Gasteiger partial charge in [0.2, 0.25) is 5.91 Å². The normalized spacial score (nSPS) is 20.2. The van der Waals surface area contributed by atoms with E-state index in [9.17, 15) is 13.6 Å². The van der Waals surface area contributed by atoms with E-state index in [4.69, 9.17) is 11.6 Å². The van der Waals surface area contributed by atoms with Gasteiger partial charge in [-0.25, -0.2) is 8.78 Å². The molecule has 9 heteroatoms. The van der Waals surface area contributed by atoms with E-state index in [2.05, 4.69) is 24.6 Å². The summed E-state index contributed by atoms with van der Waals surface area (Å²) in [6, 6.07) is 3.54. The lowest BCUT2D eigenvalue weighted by molar-refractivity contribution is -0.122. The summed E-state index contributed by atoms with van der Waals surface area (Å²) >= 11 is 6.02. The number of carbonyl (C=O) groups is 1. The second-order valence-corrected chi connectivity index (χ2v) is 10.0. The maximum atomic E-state index is 13.5.